The molecule has 0 saturated carbocycles. The average molecular weight is 197 g/mol. The van der Waals surface area contributed by atoms with Gasteiger partial charge in [0.1, 0.15) is 0 Å². The van der Waals surface area contributed by atoms with E-state index in [4.69, 9.17) is 0 Å². The molecule has 1 heterocycles. The Balaban J connectivity index is 2.32. The second-order valence-corrected chi connectivity index (χ2v) is 3.90. The smallest absolute Gasteiger partial charge is 0.0741 e. The Labute approximate surface area is 84.9 Å². The molecule has 0 spiro atoms. The van der Waals surface area contributed by atoms with Crippen LogP contribution < -0.4 is 5.32 Å². The second-order valence-electron chi connectivity index (χ2n) is 3.90. The lowest BCUT2D eigenvalue weighted by Crippen LogP contribution is -2.37. The van der Waals surface area contributed by atoms with E-state index in [9.17, 15) is 5.11 Å². The van der Waals surface area contributed by atoms with E-state index in [1.165, 1.54) is 0 Å². The number of nitrogens with one attached hydrogen (secondary N) is 1. The molecule has 0 saturated heterocycles. The van der Waals surface area contributed by atoms with Crippen LogP contribution in [0.2, 0.25) is 0 Å². The lowest BCUT2D eigenvalue weighted by atomic mass is 10.0. The number of aromatic nitrogens is 2. The van der Waals surface area contributed by atoms with E-state index < -0.39 is 5.60 Å². The molecular weight excluding hydrogens is 178 g/mol. The van der Waals surface area contributed by atoms with Gasteiger partial charge in [-0.05, 0) is 19.4 Å². The molecule has 1 atom stereocenters. The zero-order valence-electron chi connectivity index (χ0n) is 9.12. The molecule has 0 aromatic carbocycles. The standard InChI is InChI=1S/C10H19N3O/c1-4-10(2,14)8-11-7-9-5-6-12-13(9)3/h5-6,11,14H,4,7-8H2,1-3H3. The van der Waals surface area contributed by atoms with Gasteiger partial charge in [0.2, 0.25) is 0 Å². The minimum absolute atomic E-state index is 0.606. The van der Waals surface area contributed by atoms with Gasteiger partial charge in [-0.15, -0.1) is 0 Å². The van der Waals surface area contributed by atoms with Crippen molar-refractivity contribution >= 4 is 0 Å². The molecule has 0 aliphatic rings. The van der Waals surface area contributed by atoms with Crippen LogP contribution in [0.1, 0.15) is 26.0 Å². The van der Waals surface area contributed by atoms with Gasteiger partial charge < -0.3 is 10.4 Å². The number of aliphatic hydroxyl groups is 1. The zero-order valence-corrected chi connectivity index (χ0v) is 9.12. The maximum atomic E-state index is 9.74. The van der Waals surface area contributed by atoms with Gasteiger partial charge in [0.05, 0.1) is 11.3 Å². The second kappa shape index (κ2) is 4.57. The van der Waals surface area contributed by atoms with E-state index in [0.29, 0.717) is 6.54 Å². The molecule has 1 rings (SSSR count). The van der Waals surface area contributed by atoms with Crippen molar-refractivity contribution in [3.8, 4) is 0 Å². The quantitative estimate of drug-likeness (QED) is 0.729. The normalized spacial score (nSPS) is 15.4. The Morgan fingerprint density at radius 1 is 1.64 bits per heavy atom. The molecule has 4 nitrogen and oxygen atoms in total. The highest BCUT2D eigenvalue weighted by Gasteiger charge is 2.16. The van der Waals surface area contributed by atoms with E-state index in [1.807, 2.05) is 31.6 Å². The van der Waals surface area contributed by atoms with Gasteiger partial charge in [-0.25, -0.2) is 0 Å². The van der Waals surface area contributed by atoms with Crippen LogP contribution in [0.5, 0.6) is 0 Å². The highest BCUT2D eigenvalue weighted by molar-refractivity contribution is 4.99. The lowest BCUT2D eigenvalue weighted by Gasteiger charge is -2.21. The number of hydrogen-bond donors (Lipinski definition) is 2. The molecular formula is C10H19N3O. The van der Waals surface area contributed by atoms with Crippen molar-refractivity contribution in [1.29, 1.82) is 0 Å². The molecule has 0 fully saturated rings. The van der Waals surface area contributed by atoms with Crippen LogP contribution in [-0.4, -0.2) is 27.0 Å². The van der Waals surface area contributed by atoms with Gasteiger partial charge >= 0.3 is 0 Å². The maximum Gasteiger partial charge on any atom is 0.0741 e. The molecule has 14 heavy (non-hydrogen) atoms. The maximum absolute atomic E-state index is 9.74. The van der Waals surface area contributed by atoms with Crippen LogP contribution in [0, 0.1) is 0 Å². The summed E-state index contributed by atoms with van der Waals surface area (Å²) in [5.41, 5.74) is 0.510. The van der Waals surface area contributed by atoms with Crippen LogP contribution in [0.25, 0.3) is 0 Å². The van der Waals surface area contributed by atoms with Crippen molar-refractivity contribution in [1.82, 2.24) is 15.1 Å². The third-order valence-electron chi connectivity index (χ3n) is 2.50. The Bertz CT molecular complexity index is 281. The third kappa shape index (κ3) is 3.12. The molecule has 0 aliphatic carbocycles. The van der Waals surface area contributed by atoms with Crippen molar-refractivity contribution in [3.63, 3.8) is 0 Å². The molecule has 0 radical (unpaired) electrons. The van der Waals surface area contributed by atoms with Crippen molar-refractivity contribution in [2.24, 2.45) is 7.05 Å². The van der Waals surface area contributed by atoms with Gasteiger partial charge in [0.25, 0.3) is 0 Å². The summed E-state index contributed by atoms with van der Waals surface area (Å²) in [7, 11) is 1.91. The molecule has 0 aliphatic heterocycles. The number of nitrogens with zero attached hydrogens (tertiary/aromatic N) is 2. The first-order chi connectivity index (χ1) is 6.55. The fraction of sp³-hybridized carbons (Fsp3) is 0.700. The highest BCUT2D eigenvalue weighted by Crippen LogP contribution is 2.06. The topological polar surface area (TPSA) is 50.1 Å². The van der Waals surface area contributed by atoms with E-state index >= 15 is 0 Å². The summed E-state index contributed by atoms with van der Waals surface area (Å²) in [4.78, 5) is 0. The Kier molecular flexibility index (Phi) is 3.66. The molecule has 4 heteroatoms. The van der Waals surface area contributed by atoms with Gasteiger partial charge in [-0.1, -0.05) is 6.92 Å². The summed E-state index contributed by atoms with van der Waals surface area (Å²) in [6.45, 7) is 5.16. The fourth-order valence-corrected chi connectivity index (χ4v) is 1.16. The van der Waals surface area contributed by atoms with Crippen molar-refractivity contribution in [2.45, 2.75) is 32.4 Å². The van der Waals surface area contributed by atoms with Crippen LogP contribution in [-0.2, 0) is 13.6 Å². The van der Waals surface area contributed by atoms with Crippen molar-refractivity contribution < 1.29 is 5.11 Å². The Morgan fingerprint density at radius 2 is 2.36 bits per heavy atom. The van der Waals surface area contributed by atoms with Gasteiger partial charge in [-0.3, -0.25) is 4.68 Å². The van der Waals surface area contributed by atoms with Crippen LogP contribution in [0.3, 0.4) is 0 Å². The molecule has 80 valence electrons. The van der Waals surface area contributed by atoms with Crippen LogP contribution in [0.15, 0.2) is 12.3 Å². The van der Waals surface area contributed by atoms with Gasteiger partial charge in [-0.2, -0.15) is 5.10 Å². The largest absolute Gasteiger partial charge is 0.389 e. The third-order valence-corrected chi connectivity index (χ3v) is 2.50. The number of rotatable bonds is 5. The summed E-state index contributed by atoms with van der Waals surface area (Å²) in [5.74, 6) is 0. The summed E-state index contributed by atoms with van der Waals surface area (Å²) < 4.78 is 1.83. The Hall–Kier alpha value is -0.870. The number of aryl methyl sites for hydroxylation is 1. The molecule has 0 bridgehead atoms. The molecule has 1 aromatic rings. The van der Waals surface area contributed by atoms with E-state index in [2.05, 4.69) is 10.4 Å². The first-order valence-electron chi connectivity index (χ1n) is 4.95. The van der Waals surface area contributed by atoms with E-state index in [1.54, 1.807) is 6.20 Å². The Morgan fingerprint density at radius 3 is 2.86 bits per heavy atom. The minimum Gasteiger partial charge on any atom is -0.389 e. The van der Waals surface area contributed by atoms with Crippen LogP contribution >= 0.6 is 0 Å². The summed E-state index contributed by atoms with van der Waals surface area (Å²) in [6, 6.07) is 1.97. The van der Waals surface area contributed by atoms with Gasteiger partial charge in [0.15, 0.2) is 0 Å². The fourth-order valence-electron chi connectivity index (χ4n) is 1.16. The van der Waals surface area contributed by atoms with E-state index in [0.717, 1.165) is 18.7 Å². The minimum atomic E-state index is -0.613. The first kappa shape index (κ1) is 11.2. The SMILES string of the molecule is CCC(C)(O)CNCc1ccnn1C. The van der Waals surface area contributed by atoms with Crippen molar-refractivity contribution in [2.75, 3.05) is 6.54 Å². The lowest BCUT2D eigenvalue weighted by molar-refractivity contribution is 0.0554. The highest BCUT2D eigenvalue weighted by atomic mass is 16.3. The monoisotopic (exact) mass is 197 g/mol. The average Bonchev–Trinajstić information content (AvgIpc) is 2.52. The van der Waals surface area contributed by atoms with E-state index in [-0.39, 0.29) is 0 Å². The summed E-state index contributed by atoms with van der Waals surface area (Å²) >= 11 is 0. The summed E-state index contributed by atoms with van der Waals surface area (Å²) in [6.07, 6.45) is 2.53. The summed E-state index contributed by atoms with van der Waals surface area (Å²) in [5, 5.41) is 17.0. The zero-order chi connectivity index (χ0) is 10.6. The van der Waals surface area contributed by atoms with Crippen molar-refractivity contribution in [3.05, 3.63) is 18.0 Å². The molecule has 0 amide bonds. The molecule has 1 unspecified atom stereocenters. The molecule has 2 N–H and O–H groups in total. The first-order valence-corrected chi connectivity index (χ1v) is 4.95. The molecule has 1 aromatic heterocycles. The van der Waals surface area contributed by atoms with Gasteiger partial charge in [0, 0.05) is 26.3 Å². The number of hydrogen-bond acceptors (Lipinski definition) is 3. The predicted molar refractivity (Wildman–Crippen MR) is 55.8 cm³/mol. The predicted octanol–water partition coefficient (Wildman–Crippen LogP) is 0.671. The van der Waals surface area contributed by atoms with Crippen LogP contribution in [0.4, 0.5) is 0 Å².